The fourth-order valence-corrected chi connectivity index (χ4v) is 1.27. The van der Waals surface area contributed by atoms with Crippen molar-refractivity contribution in [3.8, 4) is 0 Å². The number of carbonyl (C=O) groups excluding carboxylic acids is 1. The molecule has 94 valence electrons. The first-order valence-electron chi connectivity index (χ1n) is 5.50. The molecule has 0 aliphatic carbocycles. The fourth-order valence-electron chi connectivity index (χ4n) is 1.27. The zero-order chi connectivity index (χ0) is 13.5. The van der Waals surface area contributed by atoms with Crippen LogP contribution in [0, 0.1) is 0 Å². The van der Waals surface area contributed by atoms with Crippen LogP contribution >= 0.6 is 0 Å². The average Bonchev–Trinajstić information content (AvgIpc) is 2.28. The third kappa shape index (κ3) is 5.88. The molecule has 0 bridgehead atoms. The SMILES string of the molecule is C=C[N+](C)(C)C(C)c1ccccc1.CC(=O)[O-]. The summed E-state index contributed by atoms with van der Waals surface area (Å²) >= 11 is 0. The van der Waals surface area contributed by atoms with E-state index in [-0.39, 0.29) is 0 Å². The summed E-state index contributed by atoms with van der Waals surface area (Å²) in [6.07, 6.45) is 1.97. The Labute approximate surface area is 104 Å². The minimum atomic E-state index is -1.08. The molecule has 0 saturated heterocycles. The monoisotopic (exact) mass is 235 g/mol. The van der Waals surface area contributed by atoms with Gasteiger partial charge >= 0.3 is 0 Å². The van der Waals surface area contributed by atoms with Crippen molar-refractivity contribution in [3.63, 3.8) is 0 Å². The van der Waals surface area contributed by atoms with Gasteiger partial charge < -0.3 is 9.90 Å². The van der Waals surface area contributed by atoms with E-state index in [1.165, 1.54) is 5.56 Å². The van der Waals surface area contributed by atoms with Crippen LogP contribution in [0.2, 0.25) is 0 Å². The molecule has 0 radical (unpaired) electrons. The zero-order valence-corrected chi connectivity index (χ0v) is 11.0. The van der Waals surface area contributed by atoms with Gasteiger partial charge in [-0.2, -0.15) is 0 Å². The van der Waals surface area contributed by atoms with Crippen molar-refractivity contribution in [2.45, 2.75) is 19.9 Å². The number of nitrogens with zero attached hydrogens (tertiary/aromatic N) is 1. The molecule has 0 aromatic heterocycles. The van der Waals surface area contributed by atoms with Gasteiger partial charge in [0.1, 0.15) is 6.04 Å². The molecule has 1 atom stereocenters. The van der Waals surface area contributed by atoms with Gasteiger partial charge in [-0.1, -0.05) is 30.3 Å². The summed E-state index contributed by atoms with van der Waals surface area (Å²) in [6.45, 7) is 7.04. The molecular formula is C14H21NO2. The minimum Gasteiger partial charge on any atom is -0.550 e. The molecule has 1 unspecified atom stereocenters. The predicted molar refractivity (Wildman–Crippen MR) is 67.8 cm³/mol. The van der Waals surface area contributed by atoms with E-state index in [4.69, 9.17) is 9.90 Å². The Morgan fingerprint density at radius 1 is 1.35 bits per heavy atom. The van der Waals surface area contributed by atoms with Crippen LogP contribution in [-0.4, -0.2) is 24.5 Å². The molecule has 1 aromatic rings. The molecule has 1 rings (SSSR count). The van der Waals surface area contributed by atoms with E-state index in [9.17, 15) is 0 Å². The van der Waals surface area contributed by atoms with Gasteiger partial charge in [0.2, 0.25) is 0 Å². The summed E-state index contributed by atoms with van der Waals surface area (Å²) in [6, 6.07) is 11.0. The highest BCUT2D eigenvalue weighted by atomic mass is 16.4. The van der Waals surface area contributed by atoms with E-state index in [1.807, 2.05) is 12.3 Å². The summed E-state index contributed by atoms with van der Waals surface area (Å²) in [7, 11) is 4.31. The van der Waals surface area contributed by atoms with Gasteiger partial charge in [-0.3, -0.25) is 4.48 Å². The summed E-state index contributed by atoms with van der Waals surface area (Å²) in [5.41, 5.74) is 1.35. The Morgan fingerprint density at radius 3 is 2.12 bits per heavy atom. The lowest BCUT2D eigenvalue weighted by Crippen LogP contribution is -2.35. The summed E-state index contributed by atoms with van der Waals surface area (Å²) in [5.74, 6) is -1.08. The molecule has 0 aliphatic rings. The Morgan fingerprint density at radius 2 is 1.76 bits per heavy atom. The molecule has 0 saturated carbocycles. The Kier molecular flexibility index (Phi) is 6.21. The second kappa shape index (κ2) is 6.86. The van der Waals surface area contributed by atoms with Crippen LogP contribution in [-0.2, 0) is 4.79 Å². The molecule has 0 fully saturated rings. The number of hydrogen-bond acceptors (Lipinski definition) is 2. The average molecular weight is 235 g/mol. The van der Waals surface area contributed by atoms with Crippen LogP contribution in [0.4, 0.5) is 0 Å². The van der Waals surface area contributed by atoms with Crippen molar-refractivity contribution >= 4 is 5.97 Å². The maximum atomic E-state index is 8.89. The number of quaternary nitrogens is 1. The van der Waals surface area contributed by atoms with E-state index in [0.717, 1.165) is 11.4 Å². The maximum Gasteiger partial charge on any atom is 0.116 e. The molecule has 0 aliphatic heterocycles. The lowest BCUT2D eigenvalue weighted by atomic mass is 10.1. The number of hydrogen-bond donors (Lipinski definition) is 0. The smallest absolute Gasteiger partial charge is 0.116 e. The fraction of sp³-hybridized carbons (Fsp3) is 0.357. The second-order valence-corrected chi connectivity index (χ2v) is 4.39. The molecule has 17 heavy (non-hydrogen) atoms. The Hall–Kier alpha value is -1.61. The normalized spacial score (nSPS) is 12.0. The molecular weight excluding hydrogens is 214 g/mol. The molecule has 1 aromatic carbocycles. The van der Waals surface area contributed by atoms with Crippen LogP contribution in [0.1, 0.15) is 25.5 Å². The first-order chi connectivity index (χ1) is 7.81. The zero-order valence-electron chi connectivity index (χ0n) is 11.0. The Balaban J connectivity index is 0.000000557. The Bertz CT molecular complexity index is 354. The van der Waals surface area contributed by atoms with Crippen molar-refractivity contribution in [2.75, 3.05) is 14.1 Å². The van der Waals surface area contributed by atoms with Gasteiger partial charge in [-0.25, -0.2) is 0 Å². The van der Waals surface area contributed by atoms with Crippen molar-refractivity contribution in [1.29, 1.82) is 0 Å². The topological polar surface area (TPSA) is 40.1 Å². The van der Waals surface area contributed by atoms with Crippen molar-refractivity contribution < 1.29 is 14.4 Å². The van der Waals surface area contributed by atoms with Crippen LogP contribution < -0.4 is 5.11 Å². The van der Waals surface area contributed by atoms with Crippen LogP contribution in [0.25, 0.3) is 0 Å². The van der Waals surface area contributed by atoms with Crippen LogP contribution in [0.5, 0.6) is 0 Å². The van der Waals surface area contributed by atoms with Gasteiger partial charge in [0.05, 0.1) is 20.3 Å². The number of benzene rings is 1. The van der Waals surface area contributed by atoms with Crippen molar-refractivity contribution in [3.05, 3.63) is 48.7 Å². The number of rotatable bonds is 3. The number of carboxylic acids is 1. The van der Waals surface area contributed by atoms with Gasteiger partial charge in [0, 0.05) is 11.5 Å². The largest absolute Gasteiger partial charge is 0.550 e. The van der Waals surface area contributed by atoms with E-state index in [0.29, 0.717) is 6.04 Å². The van der Waals surface area contributed by atoms with Gasteiger partial charge in [0.15, 0.2) is 0 Å². The second-order valence-electron chi connectivity index (χ2n) is 4.39. The lowest BCUT2D eigenvalue weighted by molar-refractivity contribution is -0.869. The van der Waals surface area contributed by atoms with Gasteiger partial charge in [-0.15, -0.1) is 0 Å². The highest BCUT2D eigenvalue weighted by molar-refractivity contribution is 5.60. The standard InChI is InChI=1S/C12H18N.C2H4O2/c1-5-13(3,4)11(2)12-9-7-6-8-10-12;1-2(3)4/h5-11H,1H2,2-4H3;1H3,(H,3,4)/q+1;/p-1. The van der Waals surface area contributed by atoms with Gasteiger partial charge in [-0.05, 0) is 20.4 Å². The minimum absolute atomic E-state index is 0.457. The first kappa shape index (κ1) is 15.4. The summed E-state index contributed by atoms with van der Waals surface area (Å²) in [4.78, 5) is 8.89. The lowest BCUT2D eigenvalue weighted by Gasteiger charge is -2.32. The third-order valence-electron chi connectivity index (χ3n) is 2.75. The molecule has 0 spiro atoms. The van der Waals surface area contributed by atoms with Crippen molar-refractivity contribution in [2.24, 2.45) is 0 Å². The van der Waals surface area contributed by atoms with E-state index >= 15 is 0 Å². The van der Waals surface area contributed by atoms with Crippen molar-refractivity contribution in [1.82, 2.24) is 0 Å². The van der Waals surface area contributed by atoms with Gasteiger partial charge in [0.25, 0.3) is 0 Å². The number of carbonyl (C=O) groups is 1. The third-order valence-corrected chi connectivity index (χ3v) is 2.75. The predicted octanol–water partition coefficient (Wildman–Crippen LogP) is 1.72. The van der Waals surface area contributed by atoms with E-state index in [1.54, 1.807) is 0 Å². The molecule has 3 nitrogen and oxygen atoms in total. The van der Waals surface area contributed by atoms with Crippen LogP contribution in [0.3, 0.4) is 0 Å². The maximum absolute atomic E-state index is 8.89. The molecule has 3 heteroatoms. The first-order valence-corrected chi connectivity index (χ1v) is 5.50. The van der Waals surface area contributed by atoms with Crippen LogP contribution in [0.15, 0.2) is 43.1 Å². The summed E-state index contributed by atoms with van der Waals surface area (Å²) in [5, 5.41) is 8.89. The molecule has 0 amide bonds. The quantitative estimate of drug-likeness (QED) is 0.748. The highest BCUT2D eigenvalue weighted by Gasteiger charge is 2.21. The molecule has 0 heterocycles. The van der Waals surface area contributed by atoms with E-state index in [2.05, 4.69) is 51.9 Å². The van der Waals surface area contributed by atoms with E-state index < -0.39 is 5.97 Å². The molecule has 0 N–H and O–H groups in total. The number of aliphatic carboxylic acids is 1. The number of carboxylic acid groups (broad SMARTS) is 1. The summed E-state index contributed by atoms with van der Waals surface area (Å²) < 4.78 is 0.810. The highest BCUT2D eigenvalue weighted by Crippen LogP contribution is 2.23.